The zero-order chi connectivity index (χ0) is 10.7. The van der Waals surface area contributed by atoms with Crippen LogP contribution in [0.25, 0.3) is 0 Å². The maximum absolute atomic E-state index is 4.42. The van der Waals surface area contributed by atoms with E-state index in [0.29, 0.717) is 0 Å². The summed E-state index contributed by atoms with van der Waals surface area (Å²) >= 11 is 3.40. The molecule has 82 valence electrons. The quantitative estimate of drug-likeness (QED) is 0.836. The van der Waals surface area contributed by atoms with Crippen LogP contribution in [0.4, 0.5) is 5.82 Å². The molecule has 1 aliphatic carbocycles. The van der Waals surface area contributed by atoms with E-state index < -0.39 is 0 Å². The van der Waals surface area contributed by atoms with Crippen LogP contribution in [0.2, 0.25) is 0 Å². The SMILES string of the molecule is CCc1nc(Br)cc(NCCC2CC2)n1. The Morgan fingerprint density at radius 2 is 2.27 bits per heavy atom. The molecular weight excluding hydrogens is 254 g/mol. The van der Waals surface area contributed by atoms with Gasteiger partial charge in [0.1, 0.15) is 16.2 Å². The fraction of sp³-hybridized carbons (Fsp3) is 0.636. The van der Waals surface area contributed by atoms with Gasteiger partial charge in [0.25, 0.3) is 0 Å². The Hall–Kier alpha value is -0.640. The van der Waals surface area contributed by atoms with Crippen LogP contribution < -0.4 is 5.32 Å². The molecule has 0 bridgehead atoms. The van der Waals surface area contributed by atoms with Crippen molar-refractivity contribution >= 4 is 21.7 Å². The van der Waals surface area contributed by atoms with Crippen LogP contribution in [-0.2, 0) is 6.42 Å². The number of aryl methyl sites for hydroxylation is 1. The molecule has 1 aliphatic rings. The number of rotatable bonds is 5. The Kier molecular flexibility index (Phi) is 3.57. The van der Waals surface area contributed by atoms with Crippen molar-refractivity contribution in [2.45, 2.75) is 32.6 Å². The van der Waals surface area contributed by atoms with E-state index in [0.717, 1.165) is 35.1 Å². The van der Waals surface area contributed by atoms with Gasteiger partial charge in [0.15, 0.2) is 0 Å². The van der Waals surface area contributed by atoms with E-state index in [4.69, 9.17) is 0 Å². The molecule has 0 radical (unpaired) electrons. The minimum Gasteiger partial charge on any atom is -0.370 e. The largest absolute Gasteiger partial charge is 0.370 e. The first-order chi connectivity index (χ1) is 7.28. The third-order valence-electron chi connectivity index (χ3n) is 2.61. The van der Waals surface area contributed by atoms with Gasteiger partial charge < -0.3 is 5.32 Å². The average molecular weight is 270 g/mol. The lowest BCUT2D eigenvalue weighted by Gasteiger charge is -2.06. The molecule has 0 unspecified atom stereocenters. The Morgan fingerprint density at radius 3 is 2.93 bits per heavy atom. The molecule has 1 aromatic rings. The van der Waals surface area contributed by atoms with Gasteiger partial charge in [-0.3, -0.25) is 0 Å². The summed E-state index contributed by atoms with van der Waals surface area (Å²) in [5.41, 5.74) is 0. The van der Waals surface area contributed by atoms with E-state index in [2.05, 4.69) is 38.1 Å². The second-order valence-corrected chi connectivity index (χ2v) is 4.82. The maximum atomic E-state index is 4.42. The van der Waals surface area contributed by atoms with Crippen molar-refractivity contribution in [2.75, 3.05) is 11.9 Å². The van der Waals surface area contributed by atoms with E-state index in [1.807, 2.05) is 6.07 Å². The van der Waals surface area contributed by atoms with Crippen molar-refractivity contribution in [1.29, 1.82) is 0 Å². The standard InChI is InChI=1S/C11H16BrN3/c1-2-10-14-9(12)7-11(15-10)13-6-5-8-3-4-8/h7-8H,2-6H2,1H3,(H,13,14,15). The van der Waals surface area contributed by atoms with Crippen molar-refractivity contribution < 1.29 is 0 Å². The molecule has 0 aliphatic heterocycles. The third kappa shape index (κ3) is 3.45. The molecule has 1 heterocycles. The maximum Gasteiger partial charge on any atom is 0.131 e. The Morgan fingerprint density at radius 1 is 1.47 bits per heavy atom. The molecule has 2 rings (SSSR count). The highest BCUT2D eigenvalue weighted by Crippen LogP contribution is 2.32. The van der Waals surface area contributed by atoms with Crippen molar-refractivity contribution in [3.8, 4) is 0 Å². The van der Waals surface area contributed by atoms with Gasteiger partial charge in [0.2, 0.25) is 0 Å². The lowest BCUT2D eigenvalue weighted by Crippen LogP contribution is -2.06. The fourth-order valence-electron chi connectivity index (χ4n) is 1.52. The highest BCUT2D eigenvalue weighted by atomic mass is 79.9. The molecule has 15 heavy (non-hydrogen) atoms. The number of nitrogens with one attached hydrogen (secondary N) is 1. The van der Waals surface area contributed by atoms with E-state index in [9.17, 15) is 0 Å². The van der Waals surface area contributed by atoms with Gasteiger partial charge in [0.05, 0.1) is 0 Å². The average Bonchev–Trinajstić information content (AvgIpc) is 3.01. The molecule has 3 nitrogen and oxygen atoms in total. The predicted molar refractivity (Wildman–Crippen MR) is 64.9 cm³/mol. The summed E-state index contributed by atoms with van der Waals surface area (Å²) in [7, 11) is 0. The summed E-state index contributed by atoms with van der Waals surface area (Å²) in [6, 6.07) is 1.94. The number of hydrogen-bond donors (Lipinski definition) is 1. The number of halogens is 1. The molecular formula is C11H16BrN3. The number of anilines is 1. The zero-order valence-electron chi connectivity index (χ0n) is 8.96. The number of nitrogens with zero attached hydrogens (tertiary/aromatic N) is 2. The third-order valence-corrected chi connectivity index (χ3v) is 3.02. The molecule has 1 aromatic heterocycles. The van der Waals surface area contributed by atoms with E-state index in [-0.39, 0.29) is 0 Å². The first kappa shape index (κ1) is 10.9. The molecule has 1 fully saturated rings. The van der Waals surface area contributed by atoms with Crippen molar-refractivity contribution in [3.05, 3.63) is 16.5 Å². The van der Waals surface area contributed by atoms with Crippen molar-refractivity contribution in [3.63, 3.8) is 0 Å². The predicted octanol–water partition coefficient (Wildman–Crippen LogP) is 3.01. The van der Waals surface area contributed by atoms with Crippen LogP contribution >= 0.6 is 15.9 Å². The molecule has 0 atom stereocenters. The highest BCUT2D eigenvalue weighted by molar-refractivity contribution is 9.10. The van der Waals surface area contributed by atoms with Gasteiger partial charge in [-0.25, -0.2) is 9.97 Å². The summed E-state index contributed by atoms with van der Waals surface area (Å²) in [6.45, 7) is 3.09. The van der Waals surface area contributed by atoms with E-state index >= 15 is 0 Å². The van der Waals surface area contributed by atoms with Crippen LogP contribution in [0.15, 0.2) is 10.7 Å². The normalized spacial score (nSPS) is 15.3. The van der Waals surface area contributed by atoms with Gasteiger partial charge >= 0.3 is 0 Å². The first-order valence-electron chi connectivity index (χ1n) is 5.55. The molecule has 0 saturated heterocycles. The van der Waals surface area contributed by atoms with Crippen LogP contribution in [0, 0.1) is 5.92 Å². The summed E-state index contributed by atoms with van der Waals surface area (Å²) in [5, 5.41) is 3.35. The smallest absolute Gasteiger partial charge is 0.131 e. The topological polar surface area (TPSA) is 37.8 Å². The fourth-order valence-corrected chi connectivity index (χ4v) is 1.95. The molecule has 1 N–H and O–H groups in total. The summed E-state index contributed by atoms with van der Waals surface area (Å²) in [5.74, 6) is 2.79. The van der Waals surface area contributed by atoms with Crippen molar-refractivity contribution in [1.82, 2.24) is 9.97 Å². The van der Waals surface area contributed by atoms with Crippen LogP contribution in [-0.4, -0.2) is 16.5 Å². The van der Waals surface area contributed by atoms with Crippen LogP contribution in [0.5, 0.6) is 0 Å². The summed E-state index contributed by atoms with van der Waals surface area (Å²) in [4.78, 5) is 8.69. The molecule has 0 amide bonds. The van der Waals surface area contributed by atoms with E-state index in [1.54, 1.807) is 0 Å². The molecule has 4 heteroatoms. The van der Waals surface area contributed by atoms with Crippen molar-refractivity contribution in [2.24, 2.45) is 5.92 Å². The van der Waals surface area contributed by atoms with Gasteiger partial charge in [-0.05, 0) is 28.3 Å². The Bertz CT molecular complexity index is 337. The molecule has 1 saturated carbocycles. The summed E-state index contributed by atoms with van der Waals surface area (Å²) < 4.78 is 0.864. The summed E-state index contributed by atoms with van der Waals surface area (Å²) in [6.07, 6.45) is 4.96. The Balaban J connectivity index is 1.90. The van der Waals surface area contributed by atoms with Gasteiger partial charge in [-0.15, -0.1) is 0 Å². The zero-order valence-corrected chi connectivity index (χ0v) is 10.5. The number of aromatic nitrogens is 2. The molecule has 0 aromatic carbocycles. The monoisotopic (exact) mass is 269 g/mol. The van der Waals surface area contributed by atoms with Gasteiger partial charge in [-0.2, -0.15) is 0 Å². The first-order valence-corrected chi connectivity index (χ1v) is 6.34. The molecule has 0 spiro atoms. The van der Waals surface area contributed by atoms with Crippen LogP contribution in [0.3, 0.4) is 0 Å². The van der Waals surface area contributed by atoms with Gasteiger partial charge in [0, 0.05) is 19.0 Å². The second-order valence-electron chi connectivity index (χ2n) is 4.00. The highest BCUT2D eigenvalue weighted by Gasteiger charge is 2.20. The lowest BCUT2D eigenvalue weighted by atomic mass is 10.3. The minimum absolute atomic E-state index is 0.864. The van der Waals surface area contributed by atoms with Gasteiger partial charge in [-0.1, -0.05) is 19.8 Å². The lowest BCUT2D eigenvalue weighted by molar-refractivity contribution is 0.756. The Labute approximate surface area is 98.8 Å². The second kappa shape index (κ2) is 4.92. The number of hydrogen-bond acceptors (Lipinski definition) is 3. The van der Waals surface area contributed by atoms with E-state index in [1.165, 1.54) is 19.3 Å². The van der Waals surface area contributed by atoms with Crippen LogP contribution in [0.1, 0.15) is 32.0 Å². The minimum atomic E-state index is 0.864.